The van der Waals surface area contributed by atoms with Crippen LogP contribution in [0.15, 0.2) is 103 Å². The van der Waals surface area contributed by atoms with E-state index >= 15 is 0 Å². The molecule has 0 spiro atoms. The van der Waals surface area contributed by atoms with Gasteiger partial charge in [-0.3, -0.25) is 0 Å². The van der Waals surface area contributed by atoms with Gasteiger partial charge in [-0.15, -0.1) is 0 Å². The van der Waals surface area contributed by atoms with Crippen molar-refractivity contribution in [1.82, 2.24) is 0 Å². The molecule has 1 heterocycles. The van der Waals surface area contributed by atoms with Crippen LogP contribution in [0, 0.1) is 0 Å². The topological polar surface area (TPSA) is 3.88 Å². The molecule has 2 heteroatoms. The normalized spacial score (nSPS) is 16.7. The molecule has 0 saturated carbocycles. The molecule has 142 valence electrons. The average Bonchev–Trinajstić information content (AvgIpc) is 2.79. The molecule has 29 heavy (non-hydrogen) atoms. The highest BCUT2D eigenvalue weighted by Crippen LogP contribution is 2.34. The van der Waals surface area contributed by atoms with Crippen molar-refractivity contribution < 1.29 is 4.57 Å². The van der Waals surface area contributed by atoms with Gasteiger partial charge >= 0.3 is 0 Å². The van der Waals surface area contributed by atoms with Crippen molar-refractivity contribution in [3.8, 4) is 5.69 Å². The summed E-state index contributed by atoms with van der Waals surface area (Å²) in [5, 5.41) is 2.00. The lowest BCUT2D eigenvalue weighted by atomic mass is 9.86. The third-order valence-corrected chi connectivity index (χ3v) is 5.95. The summed E-state index contributed by atoms with van der Waals surface area (Å²) in [5.74, 6) is 0.522. The summed E-state index contributed by atoms with van der Waals surface area (Å²) in [6.07, 6.45) is 20.4. The molecule has 3 aromatic rings. The van der Waals surface area contributed by atoms with E-state index < -0.39 is 0 Å². The number of para-hydroxylation sites is 1. The van der Waals surface area contributed by atoms with Crippen molar-refractivity contribution in [2.75, 3.05) is 0 Å². The predicted octanol–water partition coefficient (Wildman–Crippen LogP) is 6.97. The number of aromatic nitrogens is 1. The number of fused-ring (bicyclic) bond motifs is 1. The van der Waals surface area contributed by atoms with Crippen molar-refractivity contribution in [2.24, 2.45) is 0 Å². The van der Waals surface area contributed by atoms with E-state index in [2.05, 4.69) is 95.6 Å². The second-order valence-corrected chi connectivity index (χ2v) is 8.03. The molecule has 0 unspecified atom stereocenters. The maximum atomic E-state index is 6.21. The quantitative estimate of drug-likeness (QED) is 0.332. The van der Waals surface area contributed by atoms with E-state index in [0.29, 0.717) is 0 Å². The first-order valence-electron chi connectivity index (χ1n) is 10.2. The number of nitrogens with zero attached hydrogens (tertiary/aromatic N) is 1. The Morgan fingerprint density at radius 2 is 1.34 bits per heavy atom. The number of pyridine rings is 1. The van der Waals surface area contributed by atoms with Gasteiger partial charge < -0.3 is 0 Å². The van der Waals surface area contributed by atoms with Crippen LogP contribution in [0.3, 0.4) is 0 Å². The Morgan fingerprint density at radius 1 is 0.724 bits per heavy atom. The molecule has 0 radical (unpaired) electrons. The van der Waals surface area contributed by atoms with E-state index in [1.807, 2.05) is 12.1 Å². The van der Waals surface area contributed by atoms with Crippen LogP contribution in [-0.2, 0) is 0 Å². The zero-order valence-corrected chi connectivity index (χ0v) is 17.0. The van der Waals surface area contributed by atoms with Gasteiger partial charge in [0.15, 0.2) is 0 Å². The Bertz CT molecular complexity index is 1140. The third-order valence-electron chi connectivity index (χ3n) is 5.70. The molecule has 1 aromatic heterocycles. The predicted molar refractivity (Wildman–Crippen MR) is 122 cm³/mol. The molecule has 2 aliphatic carbocycles. The molecular weight excluding hydrogens is 374 g/mol. The van der Waals surface area contributed by atoms with E-state index in [1.165, 1.54) is 22.2 Å². The molecule has 0 amide bonds. The van der Waals surface area contributed by atoms with Crippen LogP contribution in [0.1, 0.15) is 35.9 Å². The summed E-state index contributed by atoms with van der Waals surface area (Å²) in [6, 6.07) is 19.2. The molecule has 0 bridgehead atoms. The molecule has 0 aliphatic heterocycles. The van der Waals surface area contributed by atoms with Crippen LogP contribution < -0.4 is 4.57 Å². The highest BCUT2D eigenvalue weighted by molar-refractivity contribution is 6.30. The minimum absolute atomic E-state index is 0.239. The Morgan fingerprint density at radius 3 is 2.03 bits per heavy atom. The Hall–Kier alpha value is -2.90. The fourth-order valence-corrected chi connectivity index (χ4v) is 4.49. The third kappa shape index (κ3) is 3.47. The summed E-state index contributed by atoms with van der Waals surface area (Å²) in [5.41, 5.74) is 5.02. The molecule has 1 nitrogen and oxygen atoms in total. The lowest BCUT2D eigenvalue weighted by molar-refractivity contribution is -0.577. The van der Waals surface area contributed by atoms with E-state index in [-0.39, 0.29) is 11.8 Å². The molecule has 0 fully saturated rings. The Labute approximate surface area is 177 Å². The minimum atomic E-state index is 0.239. The van der Waals surface area contributed by atoms with E-state index in [1.54, 1.807) is 0 Å². The second-order valence-electron chi connectivity index (χ2n) is 7.59. The van der Waals surface area contributed by atoms with E-state index in [9.17, 15) is 0 Å². The first-order chi connectivity index (χ1) is 14.3. The monoisotopic (exact) mass is 396 g/mol. The molecule has 0 saturated heterocycles. The van der Waals surface area contributed by atoms with E-state index in [4.69, 9.17) is 11.6 Å². The standard InChI is InChI=1S/C27H23ClN/c28-23-15-17-24(18-16-23)29-26-14-8-7-13-22(26)19-25(20-9-3-1-4-10-20)27(29)21-11-5-2-6-12-21/h3-21H,1-2H2/q+1. The van der Waals surface area contributed by atoms with Gasteiger partial charge in [0.05, 0.1) is 5.92 Å². The van der Waals surface area contributed by atoms with Crippen LogP contribution in [0.25, 0.3) is 16.6 Å². The van der Waals surface area contributed by atoms with Crippen LogP contribution in [0.5, 0.6) is 0 Å². The van der Waals surface area contributed by atoms with Gasteiger partial charge in [-0.2, -0.15) is 4.57 Å². The number of benzene rings is 2. The number of hydrogen-bond donors (Lipinski definition) is 0. The Kier molecular flexibility index (Phi) is 4.91. The maximum Gasteiger partial charge on any atom is 0.218 e. The van der Waals surface area contributed by atoms with Gasteiger partial charge in [-0.1, -0.05) is 72.3 Å². The lowest BCUT2D eigenvalue weighted by Gasteiger charge is -2.20. The molecule has 0 N–H and O–H groups in total. The van der Waals surface area contributed by atoms with Crippen LogP contribution >= 0.6 is 11.6 Å². The van der Waals surface area contributed by atoms with Gasteiger partial charge in [0.1, 0.15) is 0 Å². The van der Waals surface area contributed by atoms with Crippen molar-refractivity contribution >= 4 is 22.5 Å². The first kappa shape index (κ1) is 18.1. The zero-order valence-electron chi connectivity index (χ0n) is 16.2. The summed E-state index contributed by atoms with van der Waals surface area (Å²) >= 11 is 6.21. The number of allylic oxidation sites excluding steroid dienone is 8. The largest absolute Gasteiger partial charge is 0.218 e. The SMILES string of the molecule is Clc1ccc(-[n+]2c(C3C=CCC=C3)c(C3C=CCC=C3)cc3ccccc32)cc1. The summed E-state index contributed by atoms with van der Waals surface area (Å²) in [6.45, 7) is 0. The number of halogens is 1. The molecular formula is C27H23ClN+. The van der Waals surface area contributed by atoms with Crippen LogP contribution in [0.2, 0.25) is 5.02 Å². The molecule has 5 rings (SSSR count). The first-order valence-corrected chi connectivity index (χ1v) is 10.6. The molecule has 2 aliphatic rings. The van der Waals surface area contributed by atoms with Gasteiger partial charge in [0, 0.05) is 40.1 Å². The van der Waals surface area contributed by atoms with E-state index in [0.717, 1.165) is 23.6 Å². The van der Waals surface area contributed by atoms with Crippen LogP contribution in [-0.4, -0.2) is 0 Å². The van der Waals surface area contributed by atoms with Crippen LogP contribution in [0.4, 0.5) is 0 Å². The highest BCUT2D eigenvalue weighted by atomic mass is 35.5. The average molecular weight is 397 g/mol. The van der Waals surface area contributed by atoms with Crippen molar-refractivity contribution in [1.29, 1.82) is 0 Å². The lowest BCUT2D eigenvalue weighted by Crippen LogP contribution is -2.39. The fraction of sp³-hybridized carbons (Fsp3) is 0.148. The van der Waals surface area contributed by atoms with Gasteiger partial charge in [-0.25, -0.2) is 0 Å². The number of rotatable bonds is 3. The summed E-state index contributed by atoms with van der Waals surface area (Å²) < 4.78 is 2.42. The van der Waals surface area contributed by atoms with Crippen molar-refractivity contribution in [3.63, 3.8) is 0 Å². The van der Waals surface area contributed by atoms with Crippen molar-refractivity contribution in [2.45, 2.75) is 24.7 Å². The van der Waals surface area contributed by atoms with Crippen molar-refractivity contribution in [3.05, 3.63) is 119 Å². The second kappa shape index (κ2) is 7.85. The highest BCUT2D eigenvalue weighted by Gasteiger charge is 2.30. The summed E-state index contributed by atoms with van der Waals surface area (Å²) in [4.78, 5) is 0. The molecule has 0 atom stereocenters. The summed E-state index contributed by atoms with van der Waals surface area (Å²) in [7, 11) is 0. The van der Waals surface area contributed by atoms with Gasteiger partial charge in [0.2, 0.25) is 16.9 Å². The maximum absolute atomic E-state index is 6.21. The number of hydrogen-bond acceptors (Lipinski definition) is 0. The smallest absolute Gasteiger partial charge is 0.156 e. The minimum Gasteiger partial charge on any atom is -0.156 e. The van der Waals surface area contributed by atoms with Gasteiger partial charge in [-0.05, 0) is 37.1 Å². The zero-order chi connectivity index (χ0) is 19.6. The Balaban J connectivity index is 1.86. The fourth-order valence-electron chi connectivity index (χ4n) is 4.37. The van der Waals surface area contributed by atoms with Gasteiger partial charge in [0.25, 0.3) is 0 Å². The molecule has 2 aromatic carbocycles.